The van der Waals surface area contributed by atoms with E-state index in [-0.39, 0.29) is 18.9 Å². The highest BCUT2D eigenvalue weighted by Crippen LogP contribution is 2.23. The molecule has 4 aromatic rings. The summed E-state index contributed by atoms with van der Waals surface area (Å²) in [6.45, 7) is 0.725. The Morgan fingerprint density at radius 3 is 2.62 bits per heavy atom. The molecule has 0 bridgehead atoms. The van der Waals surface area contributed by atoms with Crippen LogP contribution in [0.3, 0.4) is 0 Å². The molecule has 4 rings (SSSR count). The maximum Gasteiger partial charge on any atom is 0.251 e. The van der Waals surface area contributed by atoms with E-state index in [9.17, 15) is 4.79 Å². The monoisotopic (exact) mass is 471 g/mol. The van der Waals surface area contributed by atoms with E-state index in [2.05, 4.69) is 10.5 Å². The van der Waals surface area contributed by atoms with E-state index >= 15 is 0 Å². The molecule has 0 fully saturated rings. The Labute approximate surface area is 202 Å². The normalized spacial score (nSPS) is 11.2. The molecule has 34 heavy (non-hydrogen) atoms. The quantitative estimate of drug-likeness (QED) is 0.193. The highest BCUT2D eigenvalue weighted by atomic mass is 35.5. The van der Waals surface area contributed by atoms with Crippen LogP contribution in [0.1, 0.15) is 23.2 Å². The number of benzene rings is 3. The van der Waals surface area contributed by atoms with Gasteiger partial charge in [-0.1, -0.05) is 53.2 Å². The average molecular weight is 472 g/mol. The van der Waals surface area contributed by atoms with Gasteiger partial charge in [0.25, 0.3) is 5.91 Å². The Bertz CT molecular complexity index is 1340. The van der Waals surface area contributed by atoms with Crippen LogP contribution >= 0.6 is 11.6 Å². The van der Waals surface area contributed by atoms with Crippen LogP contribution in [0.4, 0.5) is 0 Å². The molecule has 7 heteroatoms. The molecule has 0 saturated heterocycles. The minimum atomic E-state index is -0.253. The fourth-order valence-electron chi connectivity index (χ4n) is 3.45. The first kappa shape index (κ1) is 23.1. The lowest BCUT2D eigenvalue weighted by atomic mass is 10.0. The summed E-state index contributed by atoms with van der Waals surface area (Å²) in [7, 11) is 0. The van der Waals surface area contributed by atoms with E-state index < -0.39 is 0 Å². The third kappa shape index (κ3) is 5.83. The summed E-state index contributed by atoms with van der Waals surface area (Å²) in [5.74, 6) is 0.434. The van der Waals surface area contributed by atoms with Crippen molar-refractivity contribution in [3.8, 4) is 11.8 Å². The van der Waals surface area contributed by atoms with Gasteiger partial charge in [0.1, 0.15) is 5.75 Å². The molecule has 0 aliphatic carbocycles. The van der Waals surface area contributed by atoms with Gasteiger partial charge >= 0.3 is 0 Å². The smallest absolute Gasteiger partial charge is 0.251 e. The fourth-order valence-corrected chi connectivity index (χ4v) is 3.57. The number of nitrogens with one attached hydrogen (secondary N) is 1. The second-order valence-corrected chi connectivity index (χ2v) is 7.96. The Hall–Kier alpha value is -4.08. The number of fused-ring (bicyclic) bond motifs is 1. The third-order valence-corrected chi connectivity index (χ3v) is 5.43. The number of amides is 1. The zero-order chi connectivity index (χ0) is 23.8. The third-order valence-electron chi connectivity index (χ3n) is 5.17. The van der Waals surface area contributed by atoms with Crippen molar-refractivity contribution in [2.75, 3.05) is 13.2 Å². The molecule has 1 amide bonds. The standard InChI is InChI=1S/C27H22ClN3O3/c28-21-10-6-19(7-11-21)18-24(27(32)30-16-3-15-29)20-8-12-22(13-9-20)33-17-14-25-23-4-1-2-5-26(23)34-31-25/h1-2,4-13,18H,3,14,16-17H2,(H,30,32). The van der Waals surface area contributed by atoms with Crippen molar-refractivity contribution in [2.45, 2.75) is 12.8 Å². The van der Waals surface area contributed by atoms with E-state index in [4.69, 9.17) is 26.1 Å². The molecule has 0 aliphatic heterocycles. The van der Waals surface area contributed by atoms with Gasteiger partial charge in [-0.15, -0.1) is 0 Å². The number of ether oxygens (including phenoxy) is 1. The first-order valence-electron chi connectivity index (χ1n) is 10.8. The van der Waals surface area contributed by atoms with Gasteiger partial charge in [-0.2, -0.15) is 5.26 Å². The summed E-state index contributed by atoms with van der Waals surface area (Å²) >= 11 is 5.98. The van der Waals surface area contributed by atoms with Gasteiger partial charge in [0, 0.05) is 28.9 Å². The van der Waals surface area contributed by atoms with Crippen molar-refractivity contribution < 1.29 is 14.1 Å². The Morgan fingerprint density at radius 1 is 1.09 bits per heavy atom. The van der Waals surface area contributed by atoms with E-state index in [1.807, 2.05) is 66.7 Å². The van der Waals surface area contributed by atoms with E-state index in [0.717, 1.165) is 27.8 Å². The van der Waals surface area contributed by atoms with Crippen LogP contribution in [0.25, 0.3) is 22.6 Å². The molecule has 1 aromatic heterocycles. The zero-order valence-electron chi connectivity index (χ0n) is 18.3. The highest BCUT2D eigenvalue weighted by Gasteiger charge is 2.13. The molecule has 3 aromatic carbocycles. The maximum atomic E-state index is 12.8. The molecule has 170 valence electrons. The minimum Gasteiger partial charge on any atom is -0.493 e. The number of para-hydroxylation sites is 1. The van der Waals surface area contributed by atoms with Crippen LogP contribution in [0.15, 0.2) is 77.3 Å². The molecule has 0 atom stereocenters. The number of aromatic nitrogens is 1. The molecule has 0 unspecified atom stereocenters. The topological polar surface area (TPSA) is 88.2 Å². The number of rotatable bonds is 9. The molecule has 1 heterocycles. The second kappa shape index (κ2) is 11.2. The van der Waals surface area contributed by atoms with E-state index in [1.54, 1.807) is 18.2 Å². The Balaban J connectivity index is 1.46. The minimum absolute atomic E-state index is 0.244. The SMILES string of the molecule is N#CCCNC(=O)C(=Cc1ccc(Cl)cc1)c1ccc(OCCc2noc3ccccc23)cc1. The Kier molecular flexibility index (Phi) is 7.59. The molecule has 0 aliphatic rings. The van der Waals surface area contributed by atoms with Crippen LogP contribution in [0.2, 0.25) is 5.02 Å². The number of carbonyl (C=O) groups is 1. The number of hydrogen-bond acceptors (Lipinski definition) is 5. The van der Waals surface area contributed by atoms with Gasteiger partial charge in [-0.3, -0.25) is 4.79 Å². The first-order chi connectivity index (χ1) is 16.6. The molecular formula is C27H22ClN3O3. The molecule has 6 nitrogen and oxygen atoms in total. The molecule has 0 spiro atoms. The molecule has 1 N–H and O–H groups in total. The summed E-state index contributed by atoms with van der Waals surface area (Å²) in [5, 5.41) is 17.3. The number of hydrogen-bond donors (Lipinski definition) is 1. The summed E-state index contributed by atoms with van der Waals surface area (Å²) in [6.07, 6.45) is 2.65. The van der Waals surface area contributed by atoms with Gasteiger partial charge in [-0.05, 0) is 53.6 Å². The van der Waals surface area contributed by atoms with Gasteiger partial charge in [0.15, 0.2) is 5.58 Å². The zero-order valence-corrected chi connectivity index (χ0v) is 19.1. The molecule has 0 radical (unpaired) electrons. The van der Waals surface area contributed by atoms with Crippen molar-refractivity contribution in [2.24, 2.45) is 0 Å². The van der Waals surface area contributed by atoms with Crippen molar-refractivity contribution in [3.63, 3.8) is 0 Å². The van der Waals surface area contributed by atoms with Gasteiger partial charge in [0.05, 0.1) is 24.8 Å². The van der Waals surface area contributed by atoms with Gasteiger partial charge in [-0.25, -0.2) is 0 Å². The predicted octanol–water partition coefficient (Wildman–Crippen LogP) is 5.67. The van der Waals surface area contributed by atoms with Crippen LogP contribution < -0.4 is 10.1 Å². The van der Waals surface area contributed by atoms with Crippen molar-refractivity contribution in [3.05, 3.63) is 94.6 Å². The van der Waals surface area contributed by atoms with Crippen molar-refractivity contribution in [1.82, 2.24) is 10.5 Å². The Morgan fingerprint density at radius 2 is 1.85 bits per heavy atom. The van der Waals surface area contributed by atoms with Gasteiger partial charge in [0.2, 0.25) is 0 Å². The second-order valence-electron chi connectivity index (χ2n) is 7.52. The van der Waals surface area contributed by atoms with Crippen molar-refractivity contribution in [1.29, 1.82) is 5.26 Å². The first-order valence-corrected chi connectivity index (χ1v) is 11.2. The maximum absolute atomic E-state index is 12.8. The number of carbonyl (C=O) groups excluding carboxylic acids is 1. The number of halogens is 1. The lowest BCUT2D eigenvalue weighted by molar-refractivity contribution is -0.115. The largest absolute Gasteiger partial charge is 0.493 e. The van der Waals surface area contributed by atoms with E-state index in [0.29, 0.717) is 29.4 Å². The van der Waals surface area contributed by atoms with Crippen LogP contribution in [-0.2, 0) is 11.2 Å². The molecular weight excluding hydrogens is 450 g/mol. The fraction of sp³-hybridized carbons (Fsp3) is 0.148. The average Bonchev–Trinajstić information content (AvgIpc) is 3.27. The summed E-state index contributed by atoms with van der Waals surface area (Å²) in [5.41, 5.74) is 3.68. The summed E-state index contributed by atoms with van der Waals surface area (Å²) in [4.78, 5) is 12.8. The molecule has 0 saturated carbocycles. The van der Waals surface area contributed by atoms with Crippen LogP contribution in [0, 0.1) is 11.3 Å². The lowest BCUT2D eigenvalue weighted by Crippen LogP contribution is -2.25. The number of nitriles is 1. The summed E-state index contributed by atoms with van der Waals surface area (Å²) in [6, 6.07) is 24.3. The lowest BCUT2D eigenvalue weighted by Gasteiger charge is -2.11. The highest BCUT2D eigenvalue weighted by molar-refractivity contribution is 6.30. The number of nitrogens with zero attached hydrogens (tertiary/aromatic N) is 2. The van der Waals surface area contributed by atoms with Crippen LogP contribution in [-0.4, -0.2) is 24.2 Å². The predicted molar refractivity (Wildman–Crippen MR) is 132 cm³/mol. The summed E-state index contributed by atoms with van der Waals surface area (Å²) < 4.78 is 11.2. The van der Waals surface area contributed by atoms with Crippen LogP contribution in [0.5, 0.6) is 5.75 Å². The van der Waals surface area contributed by atoms with Crippen molar-refractivity contribution >= 4 is 40.1 Å². The van der Waals surface area contributed by atoms with Gasteiger partial charge < -0.3 is 14.6 Å². The van der Waals surface area contributed by atoms with E-state index in [1.165, 1.54) is 0 Å².